The van der Waals surface area contributed by atoms with Crippen LogP contribution >= 0.6 is 0 Å². The second-order valence-electron chi connectivity index (χ2n) is 29.1. The number of fused-ring (bicyclic) bond motifs is 5. The van der Waals surface area contributed by atoms with Crippen molar-refractivity contribution in [3.05, 3.63) is 282 Å². The van der Waals surface area contributed by atoms with Crippen molar-refractivity contribution in [2.24, 2.45) is 5.92 Å². The van der Waals surface area contributed by atoms with Gasteiger partial charge in [0.15, 0.2) is 34.6 Å². The lowest BCUT2D eigenvalue weighted by Crippen LogP contribution is -2.17. The van der Waals surface area contributed by atoms with Gasteiger partial charge in [-0.1, -0.05) is 68.5 Å². The standard InChI is InChI=1S/C23H22N2O4.C22H18N2O4.C21H25NO4.2C14H13NO4/c1-3-29-21(26)13-18-9-8-17-12-19(10-11-20(17)22(18)27)25-23(28)16-6-4-15(5-7-16)14(2)24;1-3-28-20(25)13-16-5-4-15-12-18(10-11-19(15)21(16)26)24-22(27)14-6-8-17(23-2)9-7-14;23-19(11-6-14-4-2-1-3-5-14)22-17-9-10-18-15(12-17)7-8-16(21(18)26)13-20(24)25;2*1-8(16)15-11-4-5-12-9(6-11)2-3-10(14(12)19)7-13(17)18/h4-7,10-13,24H,3,8-9H2,1-2H3,(H,25,28);6-13H,3-5H2,1H3,(H,24,27);9-10,12-14H,1-8,11H2,(H,22,23)(H,24,25);2*4-7H,2-3H2,1H3,(H,15,16)(H,17,18)/b;;16-13+;2*10-7+. The van der Waals surface area contributed by atoms with Gasteiger partial charge in [-0.2, -0.15) is 0 Å². The lowest BCUT2D eigenvalue weighted by atomic mass is 9.86. The van der Waals surface area contributed by atoms with Crippen LogP contribution in [0.3, 0.4) is 0 Å². The fourth-order valence-electron chi connectivity index (χ4n) is 14.5. The molecule has 0 atom stereocenters. The number of allylic oxidation sites excluding steroid dienone is 5. The van der Waals surface area contributed by atoms with Gasteiger partial charge in [0.05, 0.1) is 19.8 Å². The molecular weight excluding hydrogens is 1550 g/mol. The van der Waals surface area contributed by atoms with Crippen molar-refractivity contribution in [1.82, 2.24) is 0 Å². The summed E-state index contributed by atoms with van der Waals surface area (Å²) < 4.78 is 9.75. The van der Waals surface area contributed by atoms with Gasteiger partial charge in [0.1, 0.15) is 0 Å². The summed E-state index contributed by atoms with van der Waals surface area (Å²) in [6, 6.07) is 38.7. The van der Waals surface area contributed by atoms with E-state index in [9.17, 15) is 71.9 Å². The minimum atomic E-state index is -1.11. The summed E-state index contributed by atoms with van der Waals surface area (Å²) in [5.74, 6) is -5.65. The predicted molar refractivity (Wildman–Crippen MR) is 453 cm³/mol. The summed E-state index contributed by atoms with van der Waals surface area (Å²) in [5, 5.41) is 47.7. The number of amides is 5. The number of hydrogen-bond acceptors (Lipinski definition) is 18. The Morgan fingerprint density at radius 1 is 0.397 bits per heavy atom. The van der Waals surface area contributed by atoms with Crippen LogP contribution in [0.2, 0.25) is 0 Å². The van der Waals surface area contributed by atoms with E-state index in [0.717, 1.165) is 58.0 Å². The van der Waals surface area contributed by atoms with Crippen molar-refractivity contribution in [3.63, 3.8) is 0 Å². The highest BCUT2D eigenvalue weighted by atomic mass is 16.5. The largest absolute Gasteiger partial charge is 0.478 e. The molecular formula is C94H91N7O20. The fraction of sp³-hybridized carbons (Fsp3) is 0.266. The van der Waals surface area contributed by atoms with Crippen molar-refractivity contribution in [1.29, 1.82) is 5.41 Å². The lowest BCUT2D eigenvalue weighted by molar-refractivity contribution is -0.138. The Bertz CT molecular complexity index is 5430. The zero-order valence-corrected chi connectivity index (χ0v) is 67.4. The highest BCUT2D eigenvalue weighted by Gasteiger charge is 2.29. The van der Waals surface area contributed by atoms with Crippen molar-refractivity contribution < 1.29 is 96.7 Å². The third kappa shape index (κ3) is 26.0. The summed E-state index contributed by atoms with van der Waals surface area (Å²) in [7, 11) is 0. The van der Waals surface area contributed by atoms with Crippen LogP contribution in [0.4, 0.5) is 34.1 Å². The van der Waals surface area contributed by atoms with E-state index in [4.69, 9.17) is 36.8 Å². The number of carbonyl (C=O) groups excluding carboxylic acids is 12. The summed E-state index contributed by atoms with van der Waals surface area (Å²) in [5.41, 5.74) is 14.4. The summed E-state index contributed by atoms with van der Waals surface area (Å²) >= 11 is 0. The van der Waals surface area contributed by atoms with Crippen molar-refractivity contribution in [2.45, 2.75) is 144 Å². The number of nitrogens with zero attached hydrogens (tertiary/aromatic N) is 1. The number of esters is 2. The van der Waals surface area contributed by atoms with Gasteiger partial charge in [0.25, 0.3) is 11.8 Å². The molecule has 7 aromatic carbocycles. The molecule has 27 heteroatoms. The lowest BCUT2D eigenvalue weighted by Gasteiger charge is -2.21. The number of nitrogens with one attached hydrogen (secondary N) is 6. The molecule has 1 fully saturated rings. The Morgan fingerprint density at radius 3 is 0.975 bits per heavy atom. The number of benzene rings is 7. The number of ketones is 5. The molecule has 622 valence electrons. The second kappa shape index (κ2) is 43.1. The van der Waals surface area contributed by atoms with Crippen LogP contribution in [0.5, 0.6) is 0 Å². The van der Waals surface area contributed by atoms with Crippen LogP contribution in [-0.4, -0.2) is 123 Å². The first-order valence-corrected chi connectivity index (χ1v) is 39.4. The van der Waals surface area contributed by atoms with Crippen molar-refractivity contribution in [2.75, 3.05) is 39.8 Å². The van der Waals surface area contributed by atoms with E-state index < -0.39 is 29.8 Å². The fourth-order valence-corrected chi connectivity index (χ4v) is 14.5. The van der Waals surface area contributed by atoms with Gasteiger partial charge >= 0.3 is 29.8 Å². The number of rotatable bonds is 18. The van der Waals surface area contributed by atoms with Crippen LogP contribution in [-0.2, 0) is 79.9 Å². The minimum absolute atomic E-state index is 0.0177. The molecule has 0 saturated heterocycles. The monoisotopic (exact) mass is 1640 g/mol. The third-order valence-electron chi connectivity index (χ3n) is 20.4. The molecule has 0 aromatic heterocycles. The van der Waals surface area contributed by atoms with Crippen LogP contribution in [0.1, 0.15) is 218 Å². The Labute approximate surface area is 697 Å². The maximum Gasteiger partial charge on any atom is 0.331 e. The maximum atomic E-state index is 12.6. The van der Waals surface area contributed by atoms with E-state index in [0.29, 0.717) is 183 Å². The van der Waals surface area contributed by atoms with Gasteiger partial charge in [-0.3, -0.25) is 47.9 Å². The normalized spacial score (nSPS) is 15.9. The smallest absolute Gasteiger partial charge is 0.331 e. The molecule has 0 bridgehead atoms. The summed E-state index contributed by atoms with van der Waals surface area (Å²) in [6.07, 6.45) is 18.4. The molecule has 6 aliphatic carbocycles. The summed E-state index contributed by atoms with van der Waals surface area (Å²) in [4.78, 5) is 179. The topological polar surface area (TPSA) is 424 Å². The van der Waals surface area contributed by atoms with E-state index >= 15 is 0 Å². The first kappa shape index (κ1) is 90.4. The Balaban J connectivity index is 0.000000174. The molecule has 9 N–H and O–H groups in total. The number of carbonyl (C=O) groups is 15. The predicted octanol–water partition coefficient (Wildman–Crippen LogP) is 15.7. The van der Waals surface area contributed by atoms with Crippen molar-refractivity contribution >= 4 is 128 Å². The van der Waals surface area contributed by atoms with Gasteiger partial charge in [-0.15, -0.1) is 0 Å². The quantitative estimate of drug-likeness (QED) is 0.0167. The molecule has 7 aromatic rings. The van der Waals surface area contributed by atoms with E-state index in [-0.39, 0.29) is 71.7 Å². The molecule has 0 spiro atoms. The Kier molecular flexibility index (Phi) is 32.2. The Morgan fingerprint density at radius 2 is 0.686 bits per heavy atom. The number of Topliss-reactive ketones (excluding diaryl/α,β-unsaturated/α-hetero) is 5. The number of carboxylic acid groups (broad SMARTS) is 3. The molecule has 121 heavy (non-hydrogen) atoms. The maximum absolute atomic E-state index is 12.6. The number of aryl methyl sites for hydroxylation is 5. The molecule has 5 amide bonds. The van der Waals surface area contributed by atoms with Crippen LogP contribution in [0.25, 0.3) is 4.85 Å². The molecule has 6 aliphatic rings. The van der Waals surface area contributed by atoms with Gasteiger partial charge < -0.3 is 56.8 Å². The van der Waals surface area contributed by atoms with Gasteiger partial charge in [0.2, 0.25) is 17.7 Å². The van der Waals surface area contributed by atoms with Crippen LogP contribution < -0.4 is 26.6 Å². The van der Waals surface area contributed by atoms with Gasteiger partial charge in [-0.25, -0.2) is 28.8 Å². The van der Waals surface area contributed by atoms with E-state index in [1.807, 2.05) is 6.07 Å². The van der Waals surface area contributed by atoms with E-state index in [1.165, 1.54) is 58.1 Å². The number of carboxylic acids is 3. The first-order chi connectivity index (χ1) is 57.9. The minimum Gasteiger partial charge on any atom is -0.478 e. The average Bonchev–Trinajstić information content (AvgIpc) is 0.850. The molecule has 0 unspecified atom stereocenters. The summed E-state index contributed by atoms with van der Waals surface area (Å²) in [6.45, 7) is 15.4. The van der Waals surface area contributed by atoms with E-state index in [2.05, 4.69) is 31.4 Å². The average molecular weight is 1640 g/mol. The SMILES string of the molecule is CC(=O)Nc1ccc2c(c1)CC/C(=C\C(=O)O)C2=O.CC(=O)Nc1ccc2c(c1)CC/C(=C\C(=O)O)C2=O.CCOC(=O)C=C1CCc2cc(NC(=O)c3ccc(C(C)=N)cc3)ccc2C1=O.O=C(O)/C=C1\CCc2cc(NC(=O)CCC3CCCCC3)ccc2C1=O.[C-]#[N+]c1ccc(C(=O)Nc2ccc3c(c2)CCC(=CC(=O)OCC)C3=O)cc1. The Hall–Kier alpha value is -14.6. The number of aliphatic carboxylic acids is 3. The zero-order chi connectivity index (χ0) is 87.6. The van der Waals surface area contributed by atoms with Crippen LogP contribution in [0.15, 0.2) is 198 Å². The second-order valence-corrected chi connectivity index (χ2v) is 29.1. The van der Waals surface area contributed by atoms with E-state index in [1.54, 1.807) is 154 Å². The number of ether oxygens (including phenoxy) is 2. The molecule has 13 rings (SSSR count). The number of anilines is 5. The molecule has 0 aliphatic heterocycles. The number of hydrogen-bond donors (Lipinski definition) is 9. The van der Waals surface area contributed by atoms with Gasteiger partial charge in [-0.05, 0) is 234 Å². The van der Waals surface area contributed by atoms with Crippen LogP contribution in [0, 0.1) is 17.9 Å². The molecule has 27 nitrogen and oxygen atoms in total. The van der Waals surface area contributed by atoms with Gasteiger partial charge in [0, 0.05) is 152 Å². The molecule has 1 saturated carbocycles. The molecule has 0 radical (unpaired) electrons. The molecule has 0 heterocycles. The highest BCUT2D eigenvalue weighted by molar-refractivity contribution is 6.17. The zero-order valence-electron chi connectivity index (χ0n) is 67.4. The first-order valence-electron chi connectivity index (χ1n) is 39.4. The highest BCUT2D eigenvalue weighted by Crippen LogP contribution is 2.35. The third-order valence-corrected chi connectivity index (χ3v) is 20.4. The van der Waals surface area contributed by atoms with Crippen molar-refractivity contribution in [3.8, 4) is 0 Å².